The minimum absolute atomic E-state index is 0.0815. The number of ketones is 1. The van der Waals surface area contributed by atoms with E-state index in [1.165, 1.54) is 0 Å². The van der Waals surface area contributed by atoms with Crippen molar-refractivity contribution >= 4 is 34.1 Å². The molecule has 5 rings (SSSR count). The number of halogens is 1. The Kier molecular flexibility index (Phi) is 5.15. The normalized spacial score (nSPS) is 11.3. The smallest absolute Gasteiger partial charge is 0.190 e. The van der Waals surface area contributed by atoms with E-state index in [0.29, 0.717) is 23.1 Å². The van der Waals surface area contributed by atoms with Gasteiger partial charge in [-0.25, -0.2) is 9.97 Å². The van der Waals surface area contributed by atoms with Crippen molar-refractivity contribution in [1.82, 2.24) is 19.4 Å². The number of rotatable bonds is 6. The highest BCUT2D eigenvalue weighted by Crippen LogP contribution is 2.32. The van der Waals surface area contributed by atoms with E-state index < -0.39 is 0 Å². The maximum atomic E-state index is 12.8. The average Bonchev–Trinajstić information content (AvgIpc) is 3.38. The molecule has 1 N–H and O–H groups in total. The summed E-state index contributed by atoms with van der Waals surface area (Å²) in [6, 6.07) is 17.4. The van der Waals surface area contributed by atoms with E-state index in [1.54, 1.807) is 6.20 Å². The van der Waals surface area contributed by atoms with Gasteiger partial charge < -0.3 is 14.1 Å². The van der Waals surface area contributed by atoms with Gasteiger partial charge in [-0.1, -0.05) is 23.7 Å². The number of Topliss-reactive ketones (excluding diaryl/α,β-unsaturated/α-hetero) is 1. The number of hydrogen-bond acceptors (Lipinski definition) is 4. The first-order valence-corrected chi connectivity index (χ1v) is 10.8. The Hall–Kier alpha value is -3.64. The Bertz CT molecular complexity index is 1470. The van der Waals surface area contributed by atoms with Crippen LogP contribution in [-0.2, 0) is 6.42 Å². The van der Waals surface area contributed by atoms with Crippen molar-refractivity contribution in [2.24, 2.45) is 0 Å². The van der Waals surface area contributed by atoms with Crippen LogP contribution in [0, 0.1) is 6.92 Å². The maximum absolute atomic E-state index is 12.8. The number of imidazole rings is 2. The van der Waals surface area contributed by atoms with Crippen LogP contribution < -0.4 is 4.74 Å². The first kappa shape index (κ1) is 20.3. The molecule has 0 radical (unpaired) electrons. The van der Waals surface area contributed by atoms with Crippen LogP contribution in [0.3, 0.4) is 0 Å². The quantitative estimate of drug-likeness (QED) is 0.343. The van der Waals surface area contributed by atoms with Crippen LogP contribution in [0.5, 0.6) is 5.75 Å². The van der Waals surface area contributed by atoms with Gasteiger partial charge >= 0.3 is 0 Å². The molecule has 0 spiro atoms. The van der Waals surface area contributed by atoms with Gasteiger partial charge in [0.25, 0.3) is 0 Å². The second kappa shape index (κ2) is 8.13. The zero-order valence-corrected chi connectivity index (χ0v) is 18.5. The fourth-order valence-corrected chi connectivity index (χ4v) is 4.11. The molecule has 3 aromatic heterocycles. The molecular formula is C25H21ClN4O2. The molecule has 0 saturated carbocycles. The minimum atomic E-state index is -0.0815. The molecule has 0 fully saturated rings. The van der Waals surface area contributed by atoms with Gasteiger partial charge in [-0.15, -0.1) is 0 Å². The Balaban J connectivity index is 1.41. The molecule has 32 heavy (non-hydrogen) atoms. The molecule has 2 aromatic carbocycles. The van der Waals surface area contributed by atoms with Crippen molar-refractivity contribution in [2.45, 2.75) is 20.3 Å². The molecule has 6 nitrogen and oxygen atoms in total. The van der Waals surface area contributed by atoms with Crippen molar-refractivity contribution in [2.75, 3.05) is 6.61 Å². The minimum Gasteiger partial charge on any atom is -0.494 e. The Labute approximate surface area is 189 Å². The number of nitrogens with zero attached hydrogens (tertiary/aromatic N) is 3. The van der Waals surface area contributed by atoms with E-state index in [0.717, 1.165) is 39.3 Å². The summed E-state index contributed by atoms with van der Waals surface area (Å²) in [5.74, 6) is 1.27. The molecule has 0 bridgehead atoms. The molecule has 0 saturated heterocycles. The summed E-state index contributed by atoms with van der Waals surface area (Å²) in [4.78, 5) is 25.1. The SMILES string of the molecule is CCOc1ccc(-c2ccc3nc(CC(=O)c4cn5c(C)cccc5n4)[nH]c3c2)c(Cl)c1. The van der Waals surface area contributed by atoms with Crippen LogP contribution in [0.2, 0.25) is 5.02 Å². The van der Waals surface area contributed by atoms with E-state index in [9.17, 15) is 4.79 Å². The molecule has 0 aliphatic heterocycles. The van der Waals surface area contributed by atoms with Crippen LogP contribution in [0.15, 0.2) is 60.8 Å². The van der Waals surface area contributed by atoms with Crippen molar-refractivity contribution < 1.29 is 9.53 Å². The predicted octanol–water partition coefficient (Wildman–Crippen LogP) is 5.66. The number of aromatic amines is 1. The molecular weight excluding hydrogens is 424 g/mol. The van der Waals surface area contributed by atoms with Crippen LogP contribution in [-0.4, -0.2) is 31.7 Å². The van der Waals surface area contributed by atoms with Crippen LogP contribution in [0.1, 0.15) is 28.9 Å². The van der Waals surface area contributed by atoms with E-state index in [1.807, 2.05) is 72.8 Å². The van der Waals surface area contributed by atoms with Gasteiger partial charge in [-0.2, -0.15) is 0 Å². The van der Waals surface area contributed by atoms with Crippen molar-refractivity contribution in [3.63, 3.8) is 0 Å². The van der Waals surface area contributed by atoms with Gasteiger partial charge in [0.2, 0.25) is 0 Å². The van der Waals surface area contributed by atoms with E-state index >= 15 is 0 Å². The summed E-state index contributed by atoms with van der Waals surface area (Å²) >= 11 is 6.48. The topological polar surface area (TPSA) is 72.3 Å². The van der Waals surface area contributed by atoms with Gasteiger partial charge in [-0.3, -0.25) is 4.79 Å². The molecule has 0 unspecified atom stereocenters. The molecule has 0 aliphatic carbocycles. The predicted molar refractivity (Wildman–Crippen MR) is 126 cm³/mol. The lowest BCUT2D eigenvalue weighted by Gasteiger charge is -2.08. The summed E-state index contributed by atoms with van der Waals surface area (Å²) in [7, 11) is 0. The maximum Gasteiger partial charge on any atom is 0.190 e. The number of benzene rings is 2. The van der Waals surface area contributed by atoms with E-state index in [4.69, 9.17) is 16.3 Å². The molecule has 5 aromatic rings. The third-order valence-corrected chi connectivity index (χ3v) is 5.72. The number of hydrogen-bond donors (Lipinski definition) is 1. The van der Waals surface area contributed by atoms with Gasteiger partial charge in [-0.05, 0) is 61.9 Å². The summed E-state index contributed by atoms with van der Waals surface area (Å²) < 4.78 is 7.43. The second-order valence-electron chi connectivity index (χ2n) is 7.61. The number of ether oxygens (including phenoxy) is 1. The lowest BCUT2D eigenvalue weighted by Crippen LogP contribution is -2.05. The van der Waals surface area contributed by atoms with Crippen LogP contribution >= 0.6 is 11.6 Å². The fourth-order valence-electron chi connectivity index (χ4n) is 3.83. The number of H-pyrrole nitrogens is 1. The van der Waals surface area contributed by atoms with Crippen molar-refractivity contribution in [1.29, 1.82) is 0 Å². The second-order valence-corrected chi connectivity index (χ2v) is 8.02. The summed E-state index contributed by atoms with van der Waals surface area (Å²) in [6.45, 7) is 4.51. The molecule has 7 heteroatoms. The number of carbonyl (C=O) groups is 1. The highest BCUT2D eigenvalue weighted by atomic mass is 35.5. The lowest BCUT2D eigenvalue weighted by atomic mass is 10.0. The first-order valence-electron chi connectivity index (χ1n) is 10.4. The Morgan fingerprint density at radius 3 is 2.78 bits per heavy atom. The molecule has 0 amide bonds. The van der Waals surface area contributed by atoms with Crippen LogP contribution in [0.25, 0.3) is 27.8 Å². The summed E-state index contributed by atoms with van der Waals surface area (Å²) in [6.07, 6.45) is 1.93. The van der Waals surface area contributed by atoms with E-state index in [-0.39, 0.29) is 12.2 Å². The average molecular weight is 445 g/mol. The molecule has 0 atom stereocenters. The summed E-state index contributed by atoms with van der Waals surface area (Å²) in [5.41, 5.74) is 5.73. The number of carbonyl (C=O) groups excluding carboxylic acids is 1. The molecule has 160 valence electrons. The zero-order chi connectivity index (χ0) is 22.2. The van der Waals surface area contributed by atoms with Crippen molar-refractivity contribution in [3.8, 4) is 16.9 Å². The third-order valence-electron chi connectivity index (χ3n) is 5.40. The molecule has 0 aliphatic rings. The Morgan fingerprint density at radius 1 is 1.12 bits per heavy atom. The summed E-state index contributed by atoms with van der Waals surface area (Å²) in [5, 5.41) is 0.618. The standard InChI is InChI=1S/C25H21ClN4O2/c1-3-32-17-8-9-18(19(26)12-17)16-7-10-20-21(11-16)28-24(27-20)13-23(31)22-14-30-15(2)5-4-6-25(30)29-22/h4-12,14H,3,13H2,1-2H3,(H,27,28). The van der Waals surface area contributed by atoms with E-state index in [2.05, 4.69) is 15.0 Å². The molecule has 3 heterocycles. The largest absolute Gasteiger partial charge is 0.494 e. The lowest BCUT2D eigenvalue weighted by molar-refractivity contribution is 0.0987. The van der Waals surface area contributed by atoms with Crippen molar-refractivity contribution in [3.05, 3.63) is 83.0 Å². The highest BCUT2D eigenvalue weighted by molar-refractivity contribution is 6.33. The zero-order valence-electron chi connectivity index (χ0n) is 17.7. The number of pyridine rings is 1. The first-order chi connectivity index (χ1) is 15.5. The van der Waals surface area contributed by atoms with Gasteiger partial charge in [0.1, 0.15) is 22.9 Å². The van der Waals surface area contributed by atoms with Gasteiger partial charge in [0, 0.05) is 17.5 Å². The number of aryl methyl sites for hydroxylation is 1. The number of nitrogens with one attached hydrogen (secondary N) is 1. The highest BCUT2D eigenvalue weighted by Gasteiger charge is 2.15. The third kappa shape index (κ3) is 3.74. The number of aromatic nitrogens is 4. The Morgan fingerprint density at radius 2 is 2.00 bits per heavy atom. The van der Waals surface area contributed by atoms with Gasteiger partial charge in [0.05, 0.1) is 29.1 Å². The number of fused-ring (bicyclic) bond motifs is 2. The van der Waals surface area contributed by atoms with Gasteiger partial charge in [0.15, 0.2) is 5.78 Å². The van der Waals surface area contributed by atoms with Crippen LogP contribution in [0.4, 0.5) is 0 Å². The monoisotopic (exact) mass is 444 g/mol. The fraction of sp³-hybridized carbons (Fsp3) is 0.160.